The minimum atomic E-state index is -3.85. The normalized spacial score (nSPS) is 18.1. The molecule has 0 saturated carbocycles. The van der Waals surface area contributed by atoms with E-state index in [1.165, 1.54) is 51.7 Å². The van der Waals surface area contributed by atoms with Crippen LogP contribution >= 0.6 is 11.6 Å². The highest BCUT2D eigenvalue weighted by molar-refractivity contribution is 7.89. The lowest BCUT2D eigenvalue weighted by Crippen LogP contribution is -2.49. The Morgan fingerprint density at radius 2 is 1.68 bits per heavy atom. The van der Waals surface area contributed by atoms with Crippen molar-refractivity contribution >= 4 is 44.9 Å². The van der Waals surface area contributed by atoms with Crippen LogP contribution in [0.3, 0.4) is 0 Å². The van der Waals surface area contributed by atoms with E-state index in [4.69, 9.17) is 23.1 Å². The van der Waals surface area contributed by atoms with Crippen molar-refractivity contribution in [3.8, 4) is 0 Å². The van der Waals surface area contributed by atoms with E-state index >= 15 is 8.78 Å². The Morgan fingerprint density at radius 1 is 1.02 bits per heavy atom. The summed E-state index contributed by atoms with van der Waals surface area (Å²) in [7, 11) is -3.85. The number of nitrogens with zero attached hydrogens (tertiary/aromatic N) is 4. The van der Waals surface area contributed by atoms with Crippen molar-refractivity contribution in [1.29, 1.82) is 0 Å². The van der Waals surface area contributed by atoms with Gasteiger partial charge in [0.25, 0.3) is 11.8 Å². The molecule has 5 N–H and O–H groups in total. The number of sulfonamides is 1. The summed E-state index contributed by atoms with van der Waals surface area (Å²) in [6.07, 6.45) is 0.244. The Morgan fingerprint density at radius 3 is 2.27 bits per heavy atom. The van der Waals surface area contributed by atoms with Crippen LogP contribution in [0.5, 0.6) is 0 Å². The topological polar surface area (TPSA) is 155 Å². The average molecular weight is 648 g/mol. The van der Waals surface area contributed by atoms with E-state index in [-0.39, 0.29) is 90.2 Å². The summed E-state index contributed by atoms with van der Waals surface area (Å²) < 4.78 is 59.2. The molecule has 5 rings (SSSR count). The molecule has 2 aliphatic heterocycles. The first-order valence-corrected chi connectivity index (χ1v) is 15.8. The zero-order valence-corrected chi connectivity index (χ0v) is 25.2. The van der Waals surface area contributed by atoms with Gasteiger partial charge >= 0.3 is 0 Å². The van der Waals surface area contributed by atoms with Gasteiger partial charge in [-0.3, -0.25) is 9.59 Å². The average Bonchev–Trinajstić information content (AvgIpc) is 3.37. The number of halogens is 3. The third-order valence-electron chi connectivity index (χ3n) is 7.59. The number of benzene rings is 2. The Bertz CT molecular complexity index is 1630. The minimum Gasteiger partial charge on any atom is -0.354 e. The molecule has 15 heteroatoms. The van der Waals surface area contributed by atoms with Crippen molar-refractivity contribution in [3.63, 3.8) is 0 Å². The number of nitrogens with two attached hydrogens (primary N) is 2. The van der Waals surface area contributed by atoms with E-state index in [9.17, 15) is 18.0 Å². The van der Waals surface area contributed by atoms with Gasteiger partial charge in [-0.25, -0.2) is 13.4 Å². The van der Waals surface area contributed by atoms with Crippen molar-refractivity contribution in [2.45, 2.75) is 23.3 Å². The Labute approximate surface area is 258 Å². The third-order valence-corrected chi connectivity index (χ3v) is 9.69. The molecule has 3 aromatic rings. The van der Waals surface area contributed by atoms with E-state index in [1.54, 1.807) is 17.0 Å². The number of rotatable bonds is 9. The molecule has 11 nitrogen and oxygen atoms in total. The number of nitrogens with one attached hydrogen (secondary N) is 1. The van der Waals surface area contributed by atoms with Crippen molar-refractivity contribution in [2.24, 2.45) is 11.5 Å². The number of carbonyl (C=O) groups excluding carboxylic acids is 2. The highest BCUT2D eigenvalue weighted by Gasteiger charge is 2.36. The van der Waals surface area contributed by atoms with Gasteiger partial charge in [0.15, 0.2) is 0 Å². The van der Waals surface area contributed by atoms with Crippen LogP contribution in [0.1, 0.15) is 27.9 Å². The summed E-state index contributed by atoms with van der Waals surface area (Å²) in [6, 6.07) is 13.1. The van der Waals surface area contributed by atoms with Gasteiger partial charge in [0.2, 0.25) is 15.9 Å². The number of hydrogen-bond acceptors (Lipinski definition) is 8. The molecule has 2 fully saturated rings. The predicted molar refractivity (Wildman–Crippen MR) is 162 cm³/mol. The van der Waals surface area contributed by atoms with Gasteiger partial charge in [-0.15, -0.1) is 0 Å². The molecule has 0 bridgehead atoms. The molecule has 2 amide bonds. The summed E-state index contributed by atoms with van der Waals surface area (Å²) in [4.78, 5) is 31.8. The van der Waals surface area contributed by atoms with Crippen LogP contribution in [0, 0.1) is 0 Å². The van der Waals surface area contributed by atoms with Gasteiger partial charge < -0.3 is 26.6 Å². The van der Waals surface area contributed by atoms with E-state index < -0.39 is 21.9 Å². The highest BCUT2D eigenvalue weighted by Crippen LogP contribution is 2.38. The number of aromatic nitrogens is 1. The number of hydrogen-bond donors (Lipinski definition) is 3. The van der Waals surface area contributed by atoms with E-state index in [0.717, 1.165) is 6.07 Å². The molecule has 3 heterocycles. The number of alkyl halides is 2. The van der Waals surface area contributed by atoms with E-state index in [1.807, 2.05) is 0 Å². The molecular formula is C29H32ClF2N7O4S. The molecule has 1 aromatic heterocycles. The van der Waals surface area contributed by atoms with Gasteiger partial charge in [-0.2, -0.15) is 13.1 Å². The summed E-state index contributed by atoms with van der Waals surface area (Å²) in [5, 5.41) is 2.45. The third kappa shape index (κ3) is 6.54. The van der Waals surface area contributed by atoms with Crippen molar-refractivity contribution in [1.82, 2.24) is 14.6 Å². The van der Waals surface area contributed by atoms with Crippen LogP contribution in [0.4, 0.5) is 20.3 Å². The second kappa shape index (κ2) is 12.7. The van der Waals surface area contributed by atoms with E-state index in [0.29, 0.717) is 12.2 Å². The fourth-order valence-corrected chi connectivity index (χ4v) is 6.83. The zero-order chi connectivity index (χ0) is 31.6. The molecule has 44 heavy (non-hydrogen) atoms. The lowest BCUT2D eigenvalue weighted by molar-refractivity contribution is -0.117. The van der Waals surface area contributed by atoms with E-state index in [2.05, 4.69) is 10.3 Å². The molecule has 0 spiro atoms. The van der Waals surface area contributed by atoms with Gasteiger partial charge in [0.05, 0.1) is 4.90 Å². The van der Waals surface area contributed by atoms with Gasteiger partial charge in [-0.1, -0.05) is 23.7 Å². The summed E-state index contributed by atoms with van der Waals surface area (Å²) >= 11 is 6.16. The number of piperazine rings is 1. The predicted octanol–water partition coefficient (Wildman–Crippen LogP) is 2.14. The molecule has 2 aromatic carbocycles. The second-order valence-corrected chi connectivity index (χ2v) is 12.9. The van der Waals surface area contributed by atoms with Crippen LogP contribution in [-0.2, 0) is 20.7 Å². The molecule has 2 aliphatic rings. The Hall–Kier alpha value is -3.69. The number of anilines is 2. The Balaban J connectivity index is 1.27. The molecule has 0 aliphatic carbocycles. The SMILES string of the molecule is NCCNC(=O)c1ccc(C(F)(F)c2cc(Cl)nc(N3CCN(S(=O)(=O)c4ccc(N5CC(N)CC5=O)cc4)CC3)c2)cc1. The van der Waals surface area contributed by atoms with Gasteiger partial charge in [0, 0.05) is 80.7 Å². The van der Waals surface area contributed by atoms with Crippen LogP contribution in [-0.4, -0.2) is 81.4 Å². The molecular weight excluding hydrogens is 616 g/mol. The maximum atomic E-state index is 15.6. The number of carbonyl (C=O) groups is 2. The quantitative estimate of drug-likeness (QED) is 0.299. The van der Waals surface area contributed by atoms with Crippen LogP contribution in [0.15, 0.2) is 65.6 Å². The van der Waals surface area contributed by atoms with Crippen molar-refractivity contribution in [3.05, 3.63) is 82.5 Å². The molecule has 1 atom stereocenters. The van der Waals surface area contributed by atoms with Crippen LogP contribution in [0.25, 0.3) is 0 Å². The van der Waals surface area contributed by atoms with Crippen LogP contribution < -0.4 is 26.6 Å². The standard InChI is InChI=1S/C29H32ClF2N7O4S/c30-25-15-21(29(31,32)20-3-1-19(2-4-20)28(41)35-10-9-33)16-26(36-25)37-11-13-38(14-12-37)44(42,43)24-7-5-23(6-8-24)39-18-22(34)17-27(39)40/h1-8,15-16,22H,9-14,17-18,33-34H2,(H,35,41). The largest absolute Gasteiger partial charge is 0.354 e. The fraction of sp³-hybridized carbons (Fsp3) is 0.345. The summed E-state index contributed by atoms with van der Waals surface area (Å²) in [5.74, 6) is -3.78. The molecule has 1 unspecified atom stereocenters. The smallest absolute Gasteiger partial charge is 0.298 e. The first-order valence-electron chi connectivity index (χ1n) is 14.0. The highest BCUT2D eigenvalue weighted by atomic mass is 35.5. The fourth-order valence-electron chi connectivity index (χ4n) is 5.20. The van der Waals surface area contributed by atoms with Crippen molar-refractivity contribution in [2.75, 3.05) is 55.6 Å². The monoisotopic (exact) mass is 647 g/mol. The maximum Gasteiger partial charge on any atom is 0.298 e. The van der Waals surface area contributed by atoms with Gasteiger partial charge in [-0.05, 0) is 48.5 Å². The first kappa shape index (κ1) is 31.7. The van der Waals surface area contributed by atoms with Crippen LogP contribution in [0.2, 0.25) is 5.15 Å². The number of amides is 2. The zero-order valence-electron chi connectivity index (χ0n) is 23.6. The molecule has 234 valence electrons. The lowest BCUT2D eigenvalue weighted by Gasteiger charge is -2.35. The summed E-state index contributed by atoms with van der Waals surface area (Å²) in [6.45, 7) is 1.48. The Kier molecular flexibility index (Phi) is 9.18. The first-order chi connectivity index (χ1) is 20.9. The lowest BCUT2D eigenvalue weighted by atomic mass is 9.99. The van der Waals surface area contributed by atoms with Gasteiger partial charge in [0.1, 0.15) is 11.0 Å². The molecule has 2 saturated heterocycles. The number of pyridine rings is 1. The van der Waals surface area contributed by atoms with Crippen molar-refractivity contribution < 1.29 is 26.8 Å². The summed E-state index contributed by atoms with van der Waals surface area (Å²) in [5.41, 5.74) is 11.3. The molecule has 0 radical (unpaired) electrons. The minimum absolute atomic E-state index is 0.0799. The second-order valence-electron chi connectivity index (χ2n) is 10.6. The maximum absolute atomic E-state index is 15.6.